The van der Waals surface area contributed by atoms with Crippen LogP contribution in [0.1, 0.15) is 16.7 Å². The fraction of sp³-hybridized carbons (Fsp3) is 0.120. The molecule has 0 bridgehead atoms. The summed E-state index contributed by atoms with van der Waals surface area (Å²) in [5, 5.41) is 4.27. The summed E-state index contributed by atoms with van der Waals surface area (Å²) in [4.78, 5) is 0.293. The molecule has 0 atom stereocenters. The molecule has 0 fully saturated rings. The van der Waals surface area contributed by atoms with Gasteiger partial charge < -0.3 is 0 Å². The number of fused-ring (bicyclic) bond motifs is 4. The topological polar surface area (TPSA) is 39.1 Å². The van der Waals surface area contributed by atoms with Gasteiger partial charge in [-0.15, -0.1) is 0 Å². The van der Waals surface area contributed by atoms with Gasteiger partial charge in [-0.25, -0.2) is 12.4 Å². The van der Waals surface area contributed by atoms with E-state index in [1.165, 1.54) is 14.9 Å². The molecule has 1 aromatic heterocycles. The highest BCUT2D eigenvalue weighted by Crippen LogP contribution is 2.39. The lowest BCUT2D eigenvalue weighted by Gasteiger charge is -2.13. The summed E-state index contributed by atoms with van der Waals surface area (Å²) < 4.78 is 28.9. The van der Waals surface area contributed by atoms with E-state index in [2.05, 4.69) is 32.9 Å². The number of aromatic nitrogens is 1. The Balaban J connectivity index is 2.06. The first-order chi connectivity index (χ1) is 13.9. The molecule has 5 rings (SSSR count). The highest BCUT2D eigenvalue weighted by atomic mass is 32.2. The molecule has 4 heteroatoms. The normalized spacial score (nSPS) is 12.2. The van der Waals surface area contributed by atoms with E-state index in [1.807, 2.05) is 36.4 Å². The Morgan fingerprint density at radius 2 is 1.31 bits per heavy atom. The summed E-state index contributed by atoms with van der Waals surface area (Å²) in [6, 6.07) is 22.7. The summed E-state index contributed by atoms with van der Waals surface area (Å²) in [7, 11) is -3.74. The molecule has 3 nitrogen and oxygen atoms in total. The third-order valence-corrected chi connectivity index (χ3v) is 7.59. The lowest BCUT2D eigenvalue weighted by atomic mass is 9.94. The molecule has 0 amide bonds. The minimum absolute atomic E-state index is 0.293. The Morgan fingerprint density at radius 1 is 0.655 bits per heavy atom. The van der Waals surface area contributed by atoms with Gasteiger partial charge in [0, 0.05) is 10.8 Å². The van der Waals surface area contributed by atoms with Crippen molar-refractivity contribution >= 4 is 42.6 Å². The van der Waals surface area contributed by atoms with Crippen molar-refractivity contribution in [1.82, 2.24) is 3.97 Å². The Kier molecular flexibility index (Phi) is 3.83. The van der Waals surface area contributed by atoms with E-state index in [1.54, 1.807) is 24.3 Å². The van der Waals surface area contributed by atoms with Crippen molar-refractivity contribution < 1.29 is 8.42 Å². The number of aryl methyl sites for hydroxylation is 3. The summed E-state index contributed by atoms with van der Waals surface area (Å²) >= 11 is 0. The molecular weight excluding hydrogens is 378 g/mol. The fourth-order valence-corrected chi connectivity index (χ4v) is 6.02. The van der Waals surface area contributed by atoms with Gasteiger partial charge in [0.05, 0.1) is 15.9 Å². The minimum Gasteiger partial charge on any atom is -0.233 e. The Morgan fingerprint density at radius 3 is 2.07 bits per heavy atom. The van der Waals surface area contributed by atoms with Crippen molar-refractivity contribution in [2.24, 2.45) is 0 Å². The maximum absolute atomic E-state index is 13.7. The van der Waals surface area contributed by atoms with Gasteiger partial charge in [-0.2, -0.15) is 0 Å². The van der Waals surface area contributed by atoms with Crippen LogP contribution in [0.4, 0.5) is 0 Å². The van der Waals surface area contributed by atoms with E-state index >= 15 is 0 Å². The Labute approximate surface area is 170 Å². The molecule has 0 saturated carbocycles. The second-order valence-electron chi connectivity index (χ2n) is 7.62. The SMILES string of the molecule is Cc1ccc(C)c2c(C)c3c4ccccc4n(S(=O)(=O)c4ccccc4)c3cc12. The van der Waals surface area contributed by atoms with Gasteiger partial charge in [-0.05, 0) is 72.5 Å². The van der Waals surface area contributed by atoms with Gasteiger partial charge in [-0.1, -0.05) is 48.5 Å². The van der Waals surface area contributed by atoms with Gasteiger partial charge in [0.2, 0.25) is 0 Å². The van der Waals surface area contributed by atoms with E-state index in [0.717, 1.165) is 32.8 Å². The lowest BCUT2D eigenvalue weighted by Crippen LogP contribution is -2.12. The van der Waals surface area contributed by atoms with Gasteiger partial charge in [0.15, 0.2) is 0 Å². The zero-order chi connectivity index (χ0) is 20.3. The van der Waals surface area contributed by atoms with Crippen LogP contribution in [0, 0.1) is 20.8 Å². The van der Waals surface area contributed by atoms with Crippen molar-refractivity contribution in [3.05, 3.63) is 89.5 Å². The third kappa shape index (κ3) is 2.45. The molecular formula is C25H21NO2S. The second kappa shape index (κ2) is 6.19. The van der Waals surface area contributed by atoms with Crippen LogP contribution in [0.15, 0.2) is 77.7 Å². The van der Waals surface area contributed by atoms with Crippen molar-refractivity contribution in [3.63, 3.8) is 0 Å². The van der Waals surface area contributed by atoms with Crippen molar-refractivity contribution in [3.8, 4) is 0 Å². The third-order valence-electron chi connectivity index (χ3n) is 5.85. The van der Waals surface area contributed by atoms with Crippen LogP contribution in [-0.2, 0) is 10.0 Å². The van der Waals surface area contributed by atoms with Crippen LogP contribution in [0.5, 0.6) is 0 Å². The number of benzene rings is 4. The zero-order valence-electron chi connectivity index (χ0n) is 16.6. The van der Waals surface area contributed by atoms with Crippen LogP contribution in [0.2, 0.25) is 0 Å². The number of para-hydroxylation sites is 1. The Bertz CT molecular complexity index is 1530. The summed E-state index contributed by atoms with van der Waals surface area (Å²) in [5.41, 5.74) is 4.91. The largest absolute Gasteiger partial charge is 0.268 e. The molecule has 1 heterocycles. The summed E-state index contributed by atoms with van der Waals surface area (Å²) in [5.74, 6) is 0. The first-order valence-corrected chi connectivity index (χ1v) is 11.1. The lowest BCUT2D eigenvalue weighted by molar-refractivity contribution is 0.590. The fourth-order valence-electron chi connectivity index (χ4n) is 4.49. The van der Waals surface area contributed by atoms with Gasteiger partial charge >= 0.3 is 0 Å². The maximum Gasteiger partial charge on any atom is 0.268 e. The van der Waals surface area contributed by atoms with Crippen molar-refractivity contribution in [2.45, 2.75) is 25.7 Å². The Hall–Kier alpha value is -3.11. The minimum atomic E-state index is -3.74. The van der Waals surface area contributed by atoms with E-state index in [9.17, 15) is 8.42 Å². The molecule has 29 heavy (non-hydrogen) atoms. The number of nitrogens with zero attached hydrogens (tertiary/aromatic N) is 1. The highest BCUT2D eigenvalue weighted by Gasteiger charge is 2.25. The molecule has 0 spiro atoms. The average molecular weight is 400 g/mol. The van der Waals surface area contributed by atoms with E-state index in [0.29, 0.717) is 10.4 Å². The first kappa shape index (κ1) is 18.0. The monoisotopic (exact) mass is 399 g/mol. The summed E-state index contributed by atoms with van der Waals surface area (Å²) in [6.07, 6.45) is 0. The predicted molar refractivity (Wildman–Crippen MR) is 120 cm³/mol. The van der Waals surface area contributed by atoms with Crippen molar-refractivity contribution in [1.29, 1.82) is 0 Å². The van der Waals surface area contributed by atoms with Gasteiger partial charge in [-0.3, -0.25) is 0 Å². The molecule has 0 aliphatic carbocycles. The first-order valence-electron chi connectivity index (χ1n) is 9.64. The van der Waals surface area contributed by atoms with Crippen molar-refractivity contribution in [2.75, 3.05) is 0 Å². The van der Waals surface area contributed by atoms with Gasteiger partial charge in [0.25, 0.3) is 10.0 Å². The van der Waals surface area contributed by atoms with Crippen LogP contribution < -0.4 is 0 Å². The second-order valence-corrected chi connectivity index (χ2v) is 9.40. The molecule has 0 N–H and O–H groups in total. The molecule has 0 radical (unpaired) electrons. The standard InChI is InChI=1S/C25H21NO2S/c1-16-13-14-17(2)24-18(3)25-20-11-7-8-12-22(20)26(23(25)15-21(16)24)29(27,28)19-9-5-4-6-10-19/h4-15H,1-3H3. The number of rotatable bonds is 2. The zero-order valence-corrected chi connectivity index (χ0v) is 17.4. The molecule has 0 unspecified atom stereocenters. The van der Waals surface area contributed by atoms with E-state index < -0.39 is 10.0 Å². The molecule has 0 aliphatic heterocycles. The average Bonchev–Trinajstić information content (AvgIpc) is 3.06. The molecule has 144 valence electrons. The van der Waals surface area contributed by atoms with Crippen LogP contribution in [-0.4, -0.2) is 12.4 Å². The predicted octanol–water partition coefficient (Wildman–Crippen LogP) is 6.11. The van der Waals surface area contributed by atoms with E-state index in [-0.39, 0.29) is 0 Å². The number of hydrogen-bond acceptors (Lipinski definition) is 2. The van der Waals surface area contributed by atoms with Crippen LogP contribution in [0.3, 0.4) is 0 Å². The smallest absolute Gasteiger partial charge is 0.233 e. The quantitative estimate of drug-likeness (QED) is 0.359. The van der Waals surface area contributed by atoms with Gasteiger partial charge in [0.1, 0.15) is 0 Å². The molecule has 0 saturated heterocycles. The highest BCUT2D eigenvalue weighted by molar-refractivity contribution is 7.90. The van der Waals surface area contributed by atoms with Crippen LogP contribution >= 0.6 is 0 Å². The molecule has 0 aliphatic rings. The molecule has 5 aromatic rings. The summed E-state index contributed by atoms with van der Waals surface area (Å²) in [6.45, 7) is 6.29. The number of hydrogen-bond donors (Lipinski definition) is 0. The maximum atomic E-state index is 13.7. The molecule has 4 aromatic carbocycles. The van der Waals surface area contributed by atoms with E-state index in [4.69, 9.17) is 0 Å². The van der Waals surface area contributed by atoms with Crippen LogP contribution in [0.25, 0.3) is 32.6 Å².